The van der Waals surface area contributed by atoms with Crippen molar-refractivity contribution in [3.05, 3.63) is 66.4 Å². The van der Waals surface area contributed by atoms with Crippen molar-refractivity contribution in [2.45, 2.75) is 6.61 Å². The smallest absolute Gasteiger partial charge is 0.387 e. The molecular formula is C17H12F2N2O3. The van der Waals surface area contributed by atoms with E-state index in [1.165, 1.54) is 30.5 Å². The number of anilines is 1. The molecule has 1 aromatic heterocycles. The van der Waals surface area contributed by atoms with Crippen LogP contribution in [0.3, 0.4) is 0 Å². The largest absolute Gasteiger partial charge is 0.435 e. The Labute approximate surface area is 135 Å². The Morgan fingerprint density at radius 2 is 1.92 bits per heavy atom. The number of carbonyl (C=O) groups is 1. The predicted molar refractivity (Wildman–Crippen MR) is 83.0 cm³/mol. The summed E-state index contributed by atoms with van der Waals surface area (Å²) in [7, 11) is 0. The minimum absolute atomic E-state index is 0.00568. The van der Waals surface area contributed by atoms with Gasteiger partial charge in [-0.25, -0.2) is 0 Å². The molecule has 0 radical (unpaired) electrons. The van der Waals surface area contributed by atoms with Gasteiger partial charge >= 0.3 is 6.61 Å². The zero-order valence-electron chi connectivity index (χ0n) is 12.3. The molecule has 0 aliphatic rings. The molecule has 0 aliphatic carbocycles. The quantitative estimate of drug-likeness (QED) is 0.761. The molecule has 7 heteroatoms. The van der Waals surface area contributed by atoms with Crippen molar-refractivity contribution in [3.8, 4) is 17.1 Å². The molecule has 0 fully saturated rings. The number of hydrogen-bond acceptors (Lipinski definition) is 4. The maximum absolute atomic E-state index is 12.2. The standard InChI is InChI=1S/C17H12F2N2O3/c18-17(19)23-14-6-4-11(5-7-14)16(22)21-13-3-1-2-12(10-13)15-8-9-20-24-15/h1-10,17H,(H,21,22). The van der Waals surface area contributed by atoms with Gasteiger partial charge in [0.1, 0.15) is 5.75 Å². The van der Waals surface area contributed by atoms with Gasteiger partial charge in [0.15, 0.2) is 5.76 Å². The number of nitrogens with zero attached hydrogens (tertiary/aromatic N) is 1. The SMILES string of the molecule is O=C(Nc1cccc(-c2ccno2)c1)c1ccc(OC(F)F)cc1. The summed E-state index contributed by atoms with van der Waals surface area (Å²) in [5.74, 6) is 0.210. The first kappa shape index (κ1) is 15.7. The first-order chi connectivity index (χ1) is 11.6. The number of halogens is 2. The second kappa shape index (κ2) is 6.91. The summed E-state index contributed by atoms with van der Waals surface area (Å²) in [6, 6.07) is 14.2. The number of nitrogens with one attached hydrogen (secondary N) is 1. The van der Waals surface area contributed by atoms with E-state index >= 15 is 0 Å². The monoisotopic (exact) mass is 330 g/mol. The number of hydrogen-bond donors (Lipinski definition) is 1. The lowest BCUT2D eigenvalue weighted by atomic mass is 10.1. The Morgan fingerprint density at radius 3 is 2.58 bits per heavy atom. The second-order valence-electron chi connectivity index (χ2n) is 4.81. The summed E-state index contributed by atoms with van der Waals surface area (Å²) >= 11 is 0. The number of aromatic nitrogens is 1. The molecule has 3 aromatic rings. The maximum Gasteiger partial charge on any atom is 0.387 e. The summed E-state index contributed by atoms with van der Waals surface area (Å²) in [5, 5.41) is 6.37. The van der Waals surface area contributed by atoms with Crippen molar-refractivity contribution in [2.24, 2.45) is 0 Å². The Bertz CT molecular complexity index is 818. The third-order valence-electron chi connectivity index (χ3n) is 3.18. The van der Waals surface area contributed by atoms with Crippen LogP contribution in [0.5, 0.6) is 5.75 Å². The van der Waals surface area contributed by atoms with Crippen LogP contribution in [0.25, 0.3) is 11.3 Å². The minimum Gasteiger partial charge on any atom is -0.435 e. The number of carbonyl (C=O) groups excluding carboxylic acids is 1. The number of benzene rings is 2. The van der Waals surface area contributed by atoms with Crippen molar-refractivity contribution in [1.82, 2.24) is 5.16 Å². The predicted octanol–water partition coefficient (Wildman–Crippen LogP) is 4.20. The maximum atomic E-state index is 12.2. The highest BCUT2D eigenvalue weighted by molar-refractivity contribution is 6.04. The molecule has 0 saturated heterocycles. The van der Waals surface area contributed by atoms with Crippen LogP contribution in [0.4, 0.5) is 14.5 Å². The third-order valence-corrected chi connectivity index (χ3v) is 3.18. The fourth-order valence-corrected chi connectivity index (χ4v) is 2.11. The minimum atomic E-state index is -2.90. The van der Waals surface area contributed by atoms with Crippen LogP contribution in [-0.2, 0) is 0 Å². The molecule has 0 unspecified atom stereocenters. The van der Waals surface area contributed by atoms with Gasteiger partial charge in [-0.05, 0) is 36.4 Å². The lowest BCUT2D eigenvalue weighted by Gasteiger charge is -2.08. The summed E-state index contributed by atoms with van der Waals surface area (Å²) in [6.07, 6.45) is 1.53. The van der Waals surface area contributed by atoms with Crippen molar-refractivity contribution in [1.29, 1.82) is 0 Å². The summed E-state index contributed by atoms with van der Waals surface area (Å²) in [5.41, 5.74) is 1.66. The second-order valence-corrected chi connectivity index (χ2v) is 4.81. The first-order valence-corrected chi connectivity index (χ1v) is 6.99. The van der Waals surface area contributed by atoms with Crippen LogP contribution in [-0.4, -0.2) is 17.7 Å². The highest BCUT2D eigenvalue weighted by Gasteiger charge is 2.09. The average molecular weight is 330 g/mol. The van der Waals surface area contributed by atoms with E-state index in [0.29, 0.717) is 17.0 Å². The fourth-order valence-electron chi connectivity index (χ4n) is 2.11. The molecule has 0 aliphatic heterocycles. The molecule has 2 aromatic carbocycles. The van der Waals surface area contributed by atoms with Crippen LogP contribution in [0.1, 0.15) is 10.4 Å². The van der Waals surface area contributed by atoms with Crippen LogP contribution < -0.4 is 10.1 Å². The lowest BCUT2D eigenvalue weighted by Crippen LogP contribution is -2.12. The van der Waals surface area contributed by atoms with Gasteiger partial charge in [-0.3, -0.25) is 4.79 Å². The highest BCUT2D eigenvalue weighted by Crippen LogP contribution is 2.22. The van der Waals surface area contributed by atoms with Crippen molar-refractivity contribution >= 4 is 11.6 Å². The van der Waals surface area contributed by atoms with Gasteiger partial charge in [0.2, 0.25) is 0 Å². The molecule has 24 heavy (non-hydrogen) atoms. The van der Waals surface area contributed by atoms with E-state index in [4.69, 9.17) is 4.52 Å². The number of alkyl halides is 2. The molecule has 5 nitrogen and oxygen atoms in total. The molecule has 3 rings (SSSR count). The summed E-state index contributed by atoms with van der Waals surface area (Å²) < 4.78 is 33.5. The fraction of sp³-hybridized carbons (Fsp3) is 0.0588. The molecule has 122 valence electrons. The molecule has 0 saturated carbocycles. The van der Waals surface area contributed by atoms with Crippen molar-refractivity contribution < 1.29 is 22.8 Å². The molecule has 1 N–H and O–H groups in total. The van der Waals surface area contributed by atoms with Crippen molar-refractivity contribution in [3.63, 3.8) is 0 Å². The first-order valence-electron chi connectivity index (χ1n) is 6.99. The van der Waals surface area contributed by atoms with Crippen molar-refractivity contribution in [2.75, 3.05) is 5.32 Å². The average Bonchev–Trinajstić information content (AvgIpc) is 3.10. The Morgan fingerprint density at radius 1 is 1.12 bits per heavy atom. The molecule has 1 amide bonds. The normalized spacial score (nSPS) is 10.6. The molecule has 0 atom stereocenters. The molecule has 0 bridgehead atoms. The summed E-state index contributed by atoms with van der Waals surface area (Å²) in [4.78, 5) is 12.2. The van der Waals surface area contributed by atoms with E-state index in [1.807, 2.05) is 6.07 Å². The summed E-state index contributed by atoms with van der Waals surface area (Å²) in [6.45, 7) is -2.90. The topological polar surface area (TPSA) is 64.4 Å². The highest BCUT2D eigenvalue weighted by atomic mass is 19.3. The van der Waals surface area contributed by atoms with Gasteiger partial charge in [-0.2, -0.15) is 8.78 Å². The molecule has 1 heterocycles. The van der Waals surface area contributed by atoms with Gasteiger partial charge in [-0.1, -0.05) is 17.3 Å². The van der Waals surface area contributed by atoms with E-state index in [0.717, 1.165) is 5.56 Å². The van der Waals surface area contributed by atoms with Crippen LogP contribution in [0, 0.1) is 0 Å². The zero-order chi connectivity index (χ0) is 16.9. The van der Waals surface area contributed by atoms with E-state index in [1.54, 1.807) is 24.3 Å². The zero-order valence-corrected chi connectivity index (χ0v) is 12.3. The Kier molecular flexibility index (Phi) is 4.51. The van der Waals surface area contributed by atoms with Gasteiger partial charge in [0.25, 0.3) is 5.91 Å². The molecule has 0 spiro atoms. The van der Waals surface area contributed by atoms with Crippen LogP contribution in [0.2, 0.25) is 0 Å². The van der Waals surface area contributed by atoms with Crippen LogP contribution in [0.15, 0.2) is 65.3 Å². The van der Waals surface area contributed by atoms with Gasteiger partial charge in [0, 0.05) is 22.9 Å². The number of ether oxygens (including phenoxy) is 1. The molecular weight excluding hydrogens is 318 g/mol. The van der Waals surface area contributed by atoms with E-state index in [9.17, 15) is 13.6 Å². The van der Waals surface area contributed by atoms with E-state index < -0.39 is 6.61 Å². The van der Waals surface area contributed by atoms with Gasteiger partial charge < -0.3 is 14.6 Å². The third kappa shape index (κ3) is 3.75. The lowest BCUT2D eigenvalue weighted by molar-refractivity contribution is -0.0498. The Hall–Kier alpha value is -3.22. The van der Waals surface area contributed by atoms with Gasteiger partial charge in [0.05, 0.1) is 6.20 Å². The number of amides is 1. The van der Waals surface area contributed by atoms with E-state index in [-0.39, 0.29) is 11.7 Å². The number of rotatable bonds is 5. The van der Waals surface area contributed by atoms with Gasteiger partial charge in [-0.15, -0.1) is 0 Å². The Balaban J connectivity index is 1.72. The van der Waals surface area contributed by atoms with Crippen LogP contribution >= 0.6 is 0 Å². The van der Waals surface area contributed by atoms with E-state index in [2.05, 4.69) is 15.2 Å².